The van der Waals surface area contributed by atoms with Crippen LogP contribution in [0.2, 0.25) is 6.04 Å². The molecule has 0 aromatic heterocycles. The van der Waals surface area contributed by atoms with Crippen LogP contribution in [0.4, 0.5) is 8.78 Å². The number of halogens is 2. The van der Waals surface area contributed by atoms with E-state index in [0.29, 0.717) is 32.3 Å². The van der Waals surface area contributed by atoms with Gasteiger partial charge in [0.1, 0.15) is 11.6 Å². The Kier molecular flexibility index (Phi) is 10.3. The zero-order valence-corrected chi connectivity index (χ0v) is 19.7. The molecular weight excluding hydrogens is 434 g/mol. The van der Waals surface area contributed by atoms with Crippen molar-refractivity contribution in [1.29, 1.82) is 0 Å². The molecule has 2 aromatic rings. The molecule has 32 heavy (non-hydrogen) atoms. The first-order chi connectivity index (χ1) is 15.4. The Morgan fingerprint density at radius 3 is 1.47 bits per heavy atom. The van der Waals surface area contributed by atoms with Crippen LogP contribution >= 0.6 is 0 Å². The Morgan fingerprint density at radius 1 is 0.750 bits per heavy atom. The second kappa shape index (κ2) is 12.7. The van der Waals surface area contributed by atoms with Crippen molar-refractivity contribution in [3.05, 3.63) is 71.3 Å². The van der Waals surface area contributed by atoms with Gasteiger partial charge in [-0.25, -0.2) is 8.78 Å². The number of hydrogen-bond donors (Lipinski definition) is 0. The molecular formula is C24H30F2O5Si. The van der Waals surface area contributed by atoms with E-state index in [1.807, 2.05) is 20.8 Å². The summed E-state index contributed by atoms with van der Waals surface area (Å²) >= 11 is 0. The van der Waals surface area contributed by atoms with Crippen LogP contribution in [-0.2, 0) is 13.3 Å². The minimum absolute atomic E-state index is 0.231. The van der Waals surface area contributed by atoms with Gasteiger partial charge in [-0.05, 0) is 82.1 Å². The van der Waals surface area contributed by atoms with Crippen molar-refractivity contribution in [2.75, 3.05) is 19.8 Å². The highest BCUT2D eigenvalue weighted by Crippen LogP contribution is 2.25. The average molecular weight is 465 g/mol. The predicted molar refractivity (Wildman–Crippen MR) is 120 cm³/mol. The van der Waals surface area contributed by atoms with Gasteiger partial charge in [0.05, 0.1) is 5.92 Å². The zero-order valence-electron chi connectivity index (χ0n) is 18.7. The summed E-state index contributed by atoms with van der Waals surface area (Å²) in [6.45, 7) is 6.87. The largest absolute Gasteiger partial charge is 0.500 e. The highest BCUT2D eigenvalue weighted by atomic mass is 28.4. The second-order valence-corrected chi connectivity index (χ2v) is 9.90. The third-order valence-electron chi connectivity index (χ3n) is 4.96. The molecule has 174 valence electrons. The van der Waals surface area contributed by atoms with Crippen molar-refractivity contribution < 1.29 is 31.6 Å². The van der Waals surface area contributed by atoms with Crippen LogP contribution in [0, 0.1) is 17.6 Å². The number of ketones is 2. The minimum atomic E-state index is -2.93. The zero-order chi connectivity index (χ0) is 23.6. The van der Waals surface area contributed by atoms with Crippen LogP contribution in [0.3, 0.4) is 0 Å². The fourth-order valence-electron chi connectivity index (χ4n) is 3.54. The van der Waals surface area contributed by atoms with Crippen LogP contribution in [0.1, 0.15) is 54.3 Å². The highest BCUT2D eigenvalue weighted by Gasteiger charge is 2.40. The van der Waals surface area contributed by atoms with Gasteiger partial charge in [0, 0.05) is 37.0 Å². The summed E-state index contributed by atoms with van der Waals surface area (Å²) in [5.74, 6) is -2.75. The first kappa shape index (κ1) is 26.0. The maximum Gasteiger partial charge on any atom is 0.500 e. The Hall–Kier alpha value is -2.26. The van der Waals surface area contributed by atoms with Gasteiger partial charge in [-0.3, -0.25) is 9.59 Å². The normalized spacial score (nSPS) is 11.7. The number of Topliss-reactive ketones (excluding diaryl/α,β-unsaturated/α-hetero) is 2. The van der Waals surface area contributed by atoms with Crippen molar-refractivity contribution in [3.8, 4) is 0 Å². The monoisotopic (exact) mass is 464 g/mol. The Morgan fingerprint density at radius 2 is 1.12 bits per heavy atom. The third-order valence-corrected chi connectivity index (χ3v) is 8.11. The molecule has 0 aliphatic heterocycles. The molecule has 5 nitrogen and oxygen atoms in total. The molecule has 2 aromatic carbocycles. The summed E-state index contributed by atoms with van der Waals surface area (Å²) in [6.07, 6.45) is 0.686. The maximum absolute atomic E-state index is 13.3. The molecule has 2 rings (SSSR count). The Bertz CT molecular complexity index is 796. The molecule has 8 heteroatoms. The second-order valence-electron chi connectivity index (χ2n) is 7.17. The summed E-state index contributed by atoms with van der Waals surface area (Å²) in [5, 5.41) is 0. The molecule has 0 aliphatic carbocycles. The van der Waals surface area contributed by atoms with E-state index in [4.69, 9.17) is 13.3 Å². The van der Waals surface area contributed by atoms with Crippen molar-refractivity contribution in [2.24, 2.45) is 5.92 Å². The van der Waals surface area contributed by atoms with Crippen molar-refractivity contribution in [3.63, 3.8) is 0 Å². The van der Waals surface area contributed by atoms with Gasteiger partial charge in [-0.2, -0.15) is 0 Å². The molecule has 0 radical (unpaired) electrons. The summed E-state index contributed by atoms with van der Waals surface area (Å²) < 4.78 is 44.2. The molecule has 0 aliphatic rings. The first-order valence-corrected chi connectivity index (χ1v) is 12.8. The number of carbonyl (C=O) groups excluding carboxylic acids is 2. The fourth-order valence-corrected chi connectivity index (χ4v) is 6.18. The molecule has 0 saturated heterocycles. The number of rotatable bonds is 14. The smallest absolute Gasteiger partial charge is 0.374 e. The van der Waals surface area contributed by atoms with Gasteiger partial charge in [-0.15, -0.1) is 0 Å². The maximum atomic E-state index is 13.3. The van der Waals surface area contributed by atoms with E-state index in [9.17, 15) is 18.4 Å². The molecule has 0 unspecified atom stereocenters. The van der Waals surface area contributed by atoms with Crippen LogP contribution in [-0.4, -0.2) is 40.2 Å². The lowest BCUT2D eigenvalue weighted by atomic mass is 9.87. The van der Waals surface area contributed by atoms with Gasteiger partial charge in [-0.1, -0.05) is 0 Å². The summed E-state index contributed by atoms with van der Waals surface area (Å²) in [7, 11) is -2.93. The summed E-state index contributed by atoms with van der Waals surface area (Å²) in [4.78, 5) is 26.3. The van der Waals surface area contributed by atoms with Gasteiger partial charge in [0.15, 0.2) is 11.6 Å². The standard InChI is InChI=1S/C24H30F2O5Si/c1-4-29-32(30-5-2,31-6-3)17-7-8-22(23(27)18-9-13-20(25)14-10-18)24(28)19-11-15-21(26)16-12-19/h9-16,22H,4-8,17H2,1-3H3. The lowest BCUT2D eigenvalue weighted by Crippen LogP contribution is -2.46. The molecule has 0 fully saturated rings. The quantitative estimate of drug-likeness (QED) is 0.211. The van der Waals surface area contributed by atoms with Crippen molar-refractivity contribution in [1.82, 2.24) is 0 Å². The highest BCUT2D eigenvalue weighted by molar-refractivity contribution is 6.60. The summed E-state index contributed by atoms with van der Waals surface area (Å²) in [6, 6.07) is 10.6. The lowest BCUT2D eigenvalue weighted by Gasteiger charge is -2.28. The van der Waals surface area contributed by atoms with Crippen molar-refractivity contribution >= 4 is 20.4 Å². The van der Waals surface area contributed by atoms with E-state index in [0.717, 1.165) is 0 Å². The van der Waals surface area contributed by atoms with Crippen LogP contribution in [0.5, 0.6) is 0 Å². The number of benzene rings is 2. The van der Waals surface area contributed by atoms with Crippen LogP contribution in [0.15, 0.2) is 48.5 Å². The van der Waals surface area contributed by atoms with Gasteiger partial charge >= 0.3 is 8.80 Å². The molecule has 0 N–H and O–H groups in total. The van der Waals surface area contributed by atoms with Crippen molar-refractivity contribution in [2.45, 2.75) is 39.7 Å². The Balaban J connectivity index is 2.25. The fraction of sp³-hybridized carbons (Fsp3) is 0.417. The molecule has 0 saturated carbocycles. The summed E-state index contributed by atoms with van der Waals surface area (Å²) in [5.41, 5.74) is 0.490. The first-order valence-electron chi connectivity index (χ1n) is 10.9. The molecule has 0 bridgehead atoms. The third kappa shape index (κ3) is 7.13. The molecule has 0 heterocycles. The SMILES string of the molecule is CCO[Si](CCCC(C(=O)c1ccc(F)cc1)C(=O)c1ccc(F)cc1)(OCC)OCC. The van der Waals surface area contributed by atoms with E-state index in [2.05, 4.69) is 0 Å². The average Bonchev–Trinajstić information content (AvgIpc) is 2.77. The molecule has 0 amide bonds. The topological polar surface area (TPSA) is 61.8 Å². The lowest BCUT2D eigenvalue weighted by molar-refractivity contribution is 0.0684. The minimum Gasteiger partial charge on any atom is -0.374 e. The predicted octanol–water partition coefficient (Wildman–Crippen LogP) is 5.48. The number of hydrogen-bond acceptors (Lipinski definition) is 5. The molecule has 0 atom stereocenters. The van der Waals surface area contributed by atoms with Crippen LogP contribution < -0.4 is 0 Å². The van der Waals surface area contributed by atoms with Crippen LogP contribution in [0.25, 0.3) is 0 Å². The van der Waals surface area contributed by atoms with Gasteiger partial charge in [0.25, 0.3) is 0 Å². The Labute approximate surface area is 189 Å². The van der Waals surface area contributed by atoms with E-state index >= 15 is 0 Å². The molecule has 0 spiro atoms. The van der Waals surface area contributed by atoms with E-state index < -0.39 is 37.9 Å². The van der Waals surface area contributed by atoms with Gasteiger partial charge in [0.2, 0.25) is 0 Å². The van der Waals surface area contributed by atoms with E-state index in [1.165, 1.54) is 48.5 Å². The number of carbonyl (C=O) groups is 2. The van der Waals surface area contributed by atoms with E-state index in [-0.39, 0.29) is 17.5 Å². The van der Waals surface area contributed by atoms with Gasteiger partial charge < -0.3 is 13.3 Å². The van der Waals surface area contributed by atoms with E-state index in [1.54, 1.807) is 0 Å².